The standard InChI is InChI=1S/C16H24N2O3/c1-3-16(17,4-2)15(21)18-13(14(19)20)11-10-12-8-6-5-7-9-12/h5-9,13H,3-4,10-11,17H2,1-2H3,(H,18,21)(H,19,20)/t13-/m0/s1. The zero-order valence-corrected chi connectivity index (χ0v) is 12.6. The van der Waals surface area contributed by atoms with E-state index in [4.69, 9.17) is 5.73 Å². The molecule has 1 rings (SSSR count). The fourth-order valence-corrected chi connectivity index (χ4v) is 2.09. The normalized spacial score (nSPS) is 12.7. The number of benzene rings is 1. The largest absolute Gasteiger partial charge is 0.480 e. The molecular weight excluding hydrogens is 268 g/mol. The number of carboxylic acids is 1. The summed E-state index contributed by atoms with van der Waals surface area (Å²) >= 11 is 0. The number of carbonyl (C=O) groups excluding carboxylic acids is 1. The molecule has 1 atom stereocenters. The van der Waals surface area contributed by atoms with E-state index in [1.807, 2.05) is 44.2 Å². The van der Waals surface area contributed by atoms with Gasteiger partial charge in [0, 0.05) is 0 Å². The third-order valence-corrected chi connectivity index (χ3v) is 3.88. The molecular formula is C16H24N2O3. The van der Waals surface area contributed by atoms with Crippen molar-refractivity contribution in [3.05, 3.63) is 35.9 Å². The molecule has 1 amide bonds. The van der Waals surface area contributed by atoms with Gasteiger partial charge < -0.3 is 16.2 Å². The van der Waals surface area contributed by atoms with Crippen LogP contribution in [0.2, 0.25) is 0 Å². The second-order valence-electron chi connectivity index (χ2n) is 5.25. The third-order valence-electron chi connectivity index (χ3n) is 3.88. The quantitative estimate of drug-likeness (QED) is 0.680. The second kappa shape index (κ2) is 7.78. The molecule has 0 heterocycles. The van der Waals surface area contributed by atoms with Crippen molar-refractivity contribution in [2.24, 2.45) is 5.73 Å². The van der Waals surface area contributed by atoms with Crippen LogP contribution in [0.1, 0.15) is 38.7 Å². The molecule has 0 aliphatic rings. The number of nitrogens with two attached hydrogens (primary N) is 1. The highest BCUT2D eigenvalue weighted by Crippen LogP contribution is 2.13. The summed E-state index contributed by atoms with van der Waals surface area (Å²) in [5, 5.41) is 11.8. The maximum atomic E-state index is 12.2. The smallest absolute Gasteiger partial charge is 0.326 e. The summed E-state index contributed by atoms with van der Waals surface area (Å²) in [7, 11) is 0. The van der Waals surface area contributed by atoms with Gasteiger partial charge in [-0.15, -0.1) is 0 Å². The predicted molar refractivity (Wildman–Crippen MR) is 81.8 cm³/mol. The first-order chi connectivity index (χ1) is 9.92. The maximum absolute atomic E-state index is 12.2. The van der Waals surface area contributed by atoms with Crippen LogP contribution in [-0.4, -0.2) is 28.6 Å². The Kier molecular flexibility index (Phi) is 6.37. The van der Waals surface area contributed by atoms with E-state index in [2.05, 4.69) is 5.32 Å². The molecule has 0 saturated carbocycles. The van der Waals surface area contributed by atoms with Crippen molar-refractivity contribution in [2.45, 2.75) is 51.1 Å². The lowest BCUT2D eigenvalue weighted by Crippen LogP contribution is -2.56. The number of nitrogens with one attached hydrogen (secondary N) is 1. The highest BCUT2D eigenvalue weighted by molar-refractivity contribution is 5.89. The topological polar surface area (TPSA) is 92.4 Å². The van der Waals surface area contributed by atoms with Crippen LogP contribution in [0.4, 0.5) is 0 Å². The maximum Gasteiger partial charge on any atom is 0.326 e. The molecule has 5 nitrogen and oxygen atoms in total. The molecule has 1 aromatic carbocycles. The van der Waals surface area contributed by atoms with E-state index in [9.17, 15) is 14.7 Å². The molecule has 4 N–H and O–H groups in total. The van der Waals surface area contributed by atoms with Crippen molar-refractivity contribution in [1.29, 1.82) is 0 Å². The van der Waals surface area contributed by atoms with Gasteiger partial charge in [0.1, 0.15) is 6.04 Å². The summed E-state index contributed by atoms with van der Waals surface area (Å²) in [6, 6.07) is 8.67. The first-order valence-corrected chi connectivity index (χ1v) is 7.29. The van der Waals surface area contributed by atoms with Gasteiger partial charge in [-0.3, -0.25) is 4.79 Å². The predicted octanol–water partition coefficient (Wildman–Crippen LogP) is 1.71. The van der Waals surface area contributed by atoms with Gasteiger partial charge in [0.15, 0.2) is 0 Å². The molecule has 21 heavy (non-hydrogen) atoms. The molecule has 0 radical (unpaired) electrons. The van der Waals surface area contributed by atoms with Crippen LogP contribution in [0, 0.1) is 0 Å². The van der Waals surface area contributed by atoms with Crippen LogP contribution in [0.5, 0.6) is 0 Å². The van der Waals surface area contributed by atoms with E-state index < -0.39 is 23.5 Å². The fraction of sp³-hybridized carbons (Fsp3) is 0.500. The number of hydrogen-bond acceptors (Lipinski definition) is 3. The minimum atomic E-state index is -1.03. The van der Waals surface area contributed by atoms with E-state index in [1.165, 1.54) is 0 Å². The Morgan fingerprint density at radius 1 is 1.24 bits per heavy atom. The lowest BCUT2D eigenvalue weighted by Gasteiger charge is -2.27. The van der Waals surface area contributed by atoms with Crippen LogP contribution in [-0.2, 0) is 16.0 Å². The summed E-state index contributed by atoms with van der Waals surface area (Å²) in [4.78, 5) is 23.5. The molecule has 0 aromatic heterocycles. The number of aryl methyl sites for hydroxylation is 1. The molecule has 116 valence electrons. The van der Waals surface area contributed by atoms with Crippen LogP contribution in [0.3, 0.4) is 0 Å². The Balaban J connectivity index is 2.66. The van der Waals surface area contributed by atoms with E-state index in [0.717, 1.165) is 5.56 Å². The molecule has 0 saturated heterocycles. The fourth-order valence-electron chi connectivity index (χ4n) is 2.09. The first-order valence-electron chi connectivity index (χ1n) is 7.29. The summed E-state index contributed by atoms with van der Waals surface area (Å²) in [6.07, 6.45) is 1.88. The van der Waals surface area contributed by atoms with Crippen molar-refractivity contribution in [1.82, 2.24) is 5.32 Å². The van der Waals surface area contributed by atoms with Crippen molar-refractivity contribution in [3.63, 3.8) is 0 Å². The van der Waals surface area contributed by atoms with Gasteiger partial charge in [-0.2, -0.15) is 0 Å². The minimum Gasteiger partial charge on any atom is -0.480 e. The highest BCUT2D eigenvalue weighted by atomic mass is 16.4. The van der Waals surface area contributed by atoms with Crippen LogP contribution < -0.4 is 11.1 Å². The third kappa shape index (κ3) is 4.86. The summed E-state index contributed by atoms with van der Waals surface area (Å²) in [5.74, 6) is -1.43. The van der Waals surface area contributed by atoms with Gasteiger partial charge in [0.2, 0.25) is 5.91 Å². The Morgan fingerprint density at radius 3 is 2.29 bits per heavy atom. The number of rotatable bonds is 8. The van der Waals surface area contributed by atoms with Crippen molar-refractivity contribution in [3.8, 4) is 0 Å². The highest BCUT2D eigenvalue weighted by Gasteiger charge is 2.32. The van der Waals surface area contributed by atoms with Gasteiger partial charge >= 0.3 is 5.97 Å². The van der Waals surface area contributed by atoms with Crippen LogP contribution in [0.25, 0.3) is 0 Å². The van der Waals surface area contributed by atoms with Crippen molar-refractivity contribution in [2.75, 3.05) is 0 Å². The number of carbonyl (C=O) groups is 2. The van der Waals surface area contributed by atoms with Crippen molar-refractivity contribution < 1.29 is 14.7 Å². The first kappa shape index (κ1) is 17.2. The molecule has 0 aliphatic carbocycles. The summed E-state index contributed by atoms with van der Waals surface area (Å²) < 4.78 is 0. The lowest BCUT2D eigenvalue weighted by atomic mass is 9.92. The zero-order chi connectivity index (χ0) is 15.9. The SMILES string of the molecule is CCC(N)(CC)C(=O)N[C@@H](CCc1ccccc1)C(=O)O. The zero-order valence-electron chi connectivity index (χ0n) is 12.6. The van der Waals surface area contributed by atoms with Crippen LogP contribution in [0.15, 0.2) is 30.3 Å². The Labute approximate surface area is 125 Å². The van der Waals surface area contributed by atoms with Crippen LogP contribution >= 0.6 is 0 Å². The van der Waals surface area contributed by atoms with Gasteiger partial charge in [-0.1, -0.05) is 44.2 Å². The second-order valence-corrected chi connectivity index (χ2v) is 5.25. The number of carboxylic acid groups (broad SMARTS) is 1. The van der Waals surface area contributed by atoms with E-state index in [1.54, 1.807) is 0 Å². The number of amides is 1. The molecule has 0 spiro atoms. The molecule has 0 aliphatic heterocycles. The molecule has 0 bridgehead atoms. The molecule has 1 aromatic rings. The number of hydrogen-bond donors (Lipinski definition) is 3. The van der Waals surface area contributed by atoms with E-state index in [-0.39, 0.29) is 0 Å². The minimum absolute atomic E-state index is 0.342. The summed E-state index contributed by atoms with van der Waals surface area (Å²) in [5.41, 5.74) is 6.04. The Bertz CT molecular complexity index is 470. The molecule has 0 unspecified atom stereocenters. The van der Waals surface area contributed by atoms with Gasteiger partial charge in [0.05, 0.1) is 5.54 Å². The average molecular weight is 292 g/mol. The van der Waals surface area contributed by atoms with E-state index in [0.29, 0.717) is 25.7 Å². The molecule has 0 fully saturated rings. The van der Waals surface area contributed by atoms with Crippen molar-refractivity contribution >= 4 is 11.9 Å². The Hall–Kier alpha value is -1.88. The van der Waals surface area contributed by atoms with Gasteiger partial charge in [0.25, 0.3) is 0 Å². The van der Waals surface area contributed by atoms with E-state index >= 15 is 0 Å². The van der Waals surface area contributed by atoms with Gasteiger partial charge in [-0.25, -0.2) is 4.79 Å². The number of aliphatic carboxylic acids is 1. The lowest BCUT2D eigenvalue weighted by molar-refractivity contribution is -0.143. The monoisotopic (exact) mass is 292 g/mol. The summed E-state index contributed by atoms with van der Waals surface area (Å²) in [6.45, 7) is 3.64. The van der Waals surface area contributed by atoms with Gasteiger partial charge in [-0.05, 0) is 31.2 Å². The molecule has 5 heteroatoms. The average Bonchev–Trinajstić information content (AvgIpc) is 2.50. The Morgan fingerprint density at radius 2 is 1.81 bits per heavy atom.